The number of fused-ring (bicyclic) bond motifs is 2. The van der Waals surface area contributed by atoms with E-state index >= 15 is 0 Å². The van der Waals surface area contributed by atoms with Crippen LogP contribution in [0.4, 0.5) is 9.80 Å². The molecule has 2 aromatic carbocycles. The normalized spacial score (nSPS) is 17.1. The molecule has 0 atom stereocenters. The lowest BCUT2D eigenvalue weighted by Crippen LogP contribution is -2.47. The Morgan fingerprint density at radius 3 is 2.58 bits per heavy atom. The molecular formula is C25H25N3O3S2. The lowest BCUT2D eigenvalue weighted by Gasteiger charge is -2.43. The fraction of sp³-hybridized carbons (Fsp3) is 0.320. The third kappa shape index (κ3) is 4.13. The first-order valence-corrected chi connectivity index (χ1v) is 12.8. The lowest BCUT2D eigenvalue weighted by molar-refractivity contribution is 0.0699. The van der Waals surface area contributed by atoms with E-state index in [-0.39, 0.29) is 22.5 Å². The summed E-state index contributed by atoms with van der Waals surface area (Å²) in [6.07, 6.45) is 2.05. The summed E-state index contributed by atoms with van der Waals surface area (Å²) in [6.45, 7) is 3.54. The largest absolute Gasteiger partial charge is 0.338 e. The summed E-state index contributed by atoms with van der Waals surface area (Å²) in [5, 5.41) is 7.03. The standard InChI is InChI=1S/C25H25N3O3S2/c1-2-26-24(31)27-22-21(17-8-4-5-9-19(17)32-22)23(30)28-13-11-25(12-14-28)15-18(29)16-7-3-6-10-20(16)33-25/h3-10H,2,11-15H2,1H3,(H2,26,27,31). The van der Waals surface area contributed by atoms with Crippen LogP contribution in [0.3, 0.4) is 0 Å². The predicted molar refractivity (Wildman–Crippen MR) is 134 cm³/mol. The van der Waals surface area contributed by atoms with Crippen molar-refractivity contribution in [1.82, 2.24) is 10.2 Å². The van der Waals surface area contributed by atoms with Crippen molar-refractivity contribution in [3.8, 4) is 0 Å². The summed E-state index contributed by atoms with van der Waals surface area (Å²) in [7, 11) is 0. The molecule has 1 fully saturated rings. The molecule has 1 spiro atoms. The number of nitrogens with one attached hydrogen (secondary N) is 2. The molecule has 170 valence electrons. The van der Waals surface area contributed by atoms with Crippen LogP contribution in [-0.4, -0.2) is 47.0 Å². The second-order valence-electron chi connectivity index (χ2n) is 8.46. The SMILES string of the molecule is CCNC(=O)Nc1sc2ccccc2c1C(=O)N1CCC2(CC1)CC(=O)c1ccccc1S2. The van der Waals surface area contributed by atoms with Gasteiger partial charge in [0.1, 0.15) is 5.00 Å². The van der Waals surface area contributed by atoms with Gasteiger partial charge in [-0.1, -0.05) is 36.4 Å². The fourth-order valence-electron chi connectivity index (χ4n) is 4.65. The maximum absolute atomic E-state index is 13.7. The van der Waals surface area contributed by atoms with Gasteiger partial charge in [0.15, 0.2) is 5.78 Å². The highest BCUT2D eigenvalue weighted by atomic mass is 32.2. The van der Waals surface area contributed by atoms with E-state index in [0.29, 0.717) is 36.6 Å². The van der Waals surface area contributed by atoms with Crippen LogP contribution < -0.4 is 10.6 Å². The molecule has 3 aromatic rings. The molecule has 2 N–H and O–H groups in total. The van der Waals surface area contributed by atoms with Gasteiger partial charge < -0.3 is 10.2 Å². The van der Waals surface area contributed by atoms with Crippen LogP contribution in [0.5, 0.6) is 0 Å². The number of nitrogens with zero attached hydrogens (tertiary/aromatic N) is 1. The number of urea groups is 1. The Labute approximate surface area is 200 Å². The second kappa shape index (κ2) is 8.83. The van der Waals surface area contributed by atoms with Gasteiger partial charge in [0, 0.05) is 51.3 Å². The van der Waals surface area contributed by atoms with Crippen molar-refractivity contribution in [2.24, 2.45) is 0 Å². The quantitative estimate of drug-likeness (QED) is 0.528. The van der Waals surface area contributed by atoms with Crippen LogP contribution in [0.1, 0.15) is 46.9 Å². The minimum atomic E-state index is -0.313. The summed E-state index contributed by atoms with van der Waals surface area (Å²) in [4.78, 5) is 41.5. The molecule has 0 unspecified atom stereocenters. The van der Waals surface area contributed by atoms with E-state index in [1.807, 2.05) is 60.4 Å². The Bertz CT molecular complexity index is 1240. The molecule has 0 bridgehead atoms. The zero-order chi connectivity index (χ0) is 23.0. The molecule has 2 aliphatic rings. The number of anilines is 1. The first kappa shape index (κ1) is 22.0. The summed E-state index contributed by atoms with van der Waals surface area (Å²) in [5.41, 5.74) is 1.37. The zero-order valence-corrected chi connectivity index (χ0v) is 20.0. The van der Waals surface area contributed by atoms with Crippen LogP contribution in [0.25, 0.3) is 10.1 Å². The van der Waals surface area contributed by atoms with Gasteiger partial charge in [-0.15, -0.1) is 23.1 Å². The van der Waals surface area contributed by atoms with Crippen LogP contribution in [-0.2, 0) is 0 Å². The molecule has 1 saturated heterocycles. The van der Waals surface area contributed by atoms with Gasteiger partial charge in [0.25, 0.3) is 5.91 Å². The van der Waals surface area contributed by atoms with E-state index in [4.69, 9.17) is 0 Å². The number of benzene rings is 2. The smallest absolute Gasteiger partial charge is 0.319 e. The van der Waals surface area contributed by atoms with Gasteiger partial charge in [-0.05, 0) is 31.9 Å². The zero-order valence-electron chi connectivity index (χ0n) is 18.3. The number of amides is 3. The number of ketones is 1. The summed E-state index contributed by atoms with van der Waals surface area (Å²) >= 11 is 3.21. The number of likely N-dealkylation sites (tertiary alicyclic amines) is 1. The Balaban J connectivity index is 1.37. The monoisotopic (exact) mass is 479 g/mol. The molecule has 0 aliphatic carbocycles. The fourth-order valence-corrected chi connectivity index (χ4v) is 7.24. The summed E-state index contributed by atoms with van der Waals surface area (Å²) in [6, 6.07) is 15.2. The predicted octanol–water partition coefficient (Wildman–Crippen LogP) is 5.40. The van der Waals surface area contributed by atoms with Gasteiger partial charge in [0.2, 0.25) is 0 Å². The van der Waals surface area contributed by atoms with Gasteiger partial charge in [-0.3, -0.25) is 14.9 Å². The Kier molecular flexibility index (Phi) is 5.88. The van der Waals surface area contributed by atoms with Gasteiger partial charge in [-0.2, -0.15) is 0 Å². The number of hydrogen-bond donors (Lipinski definition) is 2. The molecule has 0 radical (unpaired) electrons. The van der Waals surface area contributed by atoms with Gasteiger partial charge in [0.05, 0.1) is 5.56 Å². The van der Waals surface area contributed by atoms with Gasteiger partial charge >= 0.3 is 6.03 Å². The number of carbonyl (C=O) groups excluding carboxylic acids is 3. The number of thioether (sulfide) groups is 1. The summed E-state index contributed by atoms with van der Waals surface area (Å²) in [5.74, 6) is 0.128. The molecule has 2 aliphatic heterocycles. The number of rotatable bonds is 3. The minimum absolute atomic E-state index is 0.0679. The van der Waals surface area contributed by atoms with Crippen LogP contribution in [0, 0.1) is 0 Å². The van der Waals surface area contributed by atoms with Crippen molar-refractivity contribution in [1.29, 1.82) is 0 Å². The van der Waals surface area contributed by atoms with Crippen LogP contribution in [0.2, 0.25) is 0 Å². The number of carbonyl (C=O) groups is 3. The highest BCUT2D eigenvalue weighted by molar-refractivity contribution is 8.01. The molecule has 3 amide bonds. The maximum atomic E-state index is 13.7. The number of Topliss-reactive ketones (excluding diaryl/α,β-unsaturated/α-hetero) is 1. The Morgan fingerprint density at radius 2 is 1.79 bits per heavy atom. The number of piperidine rings is 1. The first-order valence-electron chi connectivity index (χ1n) is 11.2. The topological polar surface area (TPSA) is 78.5 Å². The van der Waals surface area contributed by atoms with E-state index < -0.39 is 0 Å². The van der Waals surface area contributed by atoms with Crippen molar-refractivity contribution < 1.29 is 14.4 Å². The first-order chi connectivity index (χ1) is 16.0. The average Bonchev–Trinajstić information content (AvgIpc) is 3.17. The van der Waals surface area contributed by atoms with Crippen LogP contribution in [0.15, 0.2) is 53.4 Å². The maximum Gasteiger partial charge on any atom is 0.319 e. The van der Waals surface area contributed by atoms with E-state index in [2.05, 4.69) is 10.6 Å². The second-order valence-corrected chi connectivity index (χ2v) is 11.0. The third-order valence-electron chi connectivity index (χ3n) is 6.33. The van der Waals surface area contributed by atoms with E-state index in [1.54, 1.807) is 11.8 Å². The van der Waals surface area contributed by atoms with E-state index in [0.717, 1.165) is 33.4 Å². The highest BCUT2D eigenvalue weighted by Crippen LogP contribution is 2.49. The Hall–Kier alpha value is -2.84. The van der Waals surface area contributed by atoms with Crippen molar-refractivity contribution >= 4 is 55.9 Å². The minimum Gasteiger partial charge on any atom is -0.338 e. The van der Waals surface area contributed by atoms with Crippen molar-refractivity contribution in [2.75, 3.05) is 25.0 Å². The average molecular weight is 480 g/mol. The highest BCUT2D eigenvalue weighted by Gasteiger charge is 2.43. The van der Waals surface area contributed by atoms with Gasteiger partial charge in [-0.25, -0.2) is 4.79 Å². The van der Waals surface area contributed by atoms with E-state index in [9.17, 15) is 14.4 Å². The molecule has 6 nitrogen and oxygen atoms in total. The summed E-state index contributed by atoms with van der Waals surface area (Å²) < 4.78 is 0.812. The van der Waals surface area contributed by atoms with Crippen molar-refractivity contribution in [2.45, 2.75) is 35.8 Å². The third-order valence-corrected chi connectivity index (χ3v) is 8.98. The number of thiophene rings is 1. The van der Waals surface area contributed by atoms with Crippen LogP contribution >= 0.6 is 23.1 Å². The lowest BCUT2D eigenvalue weighted by atomic mass is 9.87. The molecule has 5 rings (SSSR count). The van der Waals surface area contributed by atoms with Crippen molar-refractivity contribution in [3.05, 3.63) is 59.7 Å². The molecular weight excluding hydrogens is 454 g/mol. The molecule has 33 heavy (non-hydrogen) atoms. The number of hydrogen-bond acceptors (Lipinski definition) is 5. The molecule has 8 heteroatoms. The van der Waals surface area contributed by atoms with Crippen molar-refractivity contribution in [3.63, 3.8) is 0 Å². The van der Waals surface area contributed by atoms with E-state index in [1.165, 1.54) is 11.3 Å². The molecule has 1 aromatic heterocycles. The molecule has 3 heterocycles. The Morgan fingerprint density at radius 1 is 1.06 bits per heavy atom. The molecule has 0 saturated carbocycles.